The molecule has 1 atom stereocenters. The first-order valence-corrected chi connectivity index (χ1v) is 7.93. The van der Waals surface area contributed by atoms with Crippen LogP contribution in [0.2, 0.25) is 0 Å². The van der Waals surface area contributed by atoms with Crippen LogP contribution in [0.1, 0.15) is 11.3 Å². The molecule has 2 aromatic rings. The Balaban J connectivity index is 1.76. The van der Waals surface area contributed by atoms with Crippen LogP contribution < -0.4 is 4.74 Å². The quantitative estimate of drug-likeness (QED) is 0.830. The molecule has 0 saturated carbocycles. The standard InChI is InChI=1S/C14H17NO2S2/c1-10-5-3-4-6-13(10)17-7-12(16)9-19-14-15-11(2)8-18-14/h3-6,8,12,16H,7,9H2,1-2H3. The van der Waals surface area contributed by atoms with Crippen molar-refractivity contribution < 1.29 is 9.84 Å². The summed E-state index contributed by atoms with van der Waals surface area (Å²) >= 11 is 3.17. The maximum Gasteiger partial charge on any atom is 0.150 e. The van der Waals surface area contributed by atoms with Gasteiger partial charge in [-0.2, -0.15) is 0 Å². The van der Waals surface area contributed by atoms with Crippen LogP contribution in [0.25, 0.3) is 0 Å². The topological polar surface area (TPSA) is 42.4 Å². The van der Waals surface area contributed by atoms with Crippen LogP contribution in [0.15, 0.2) is 34.0 Å². The number of rotatable bonds is 6. The Morgan fingerprint density at radius 2 is 2.16 bits per heavy atom. The fraction of sp³-hybridized carbons (Fsp3) is 0.357. The molecule has 0 aliphatic heterocycles. The third-order valence-electron chi connectivity index (χ3n) is 2.52. The van der Waals surface area contributed by atoms with E-state index >= 15 is 0 Å². The highest BCUT2D eigenvalue weighted by atomic mass is 32.2. The van der Waals surface area contributed by atoms with E-state index in [1.165, 1.54) is 0 Å². The van der Waals surface area contributed by atoms with Gasteiger partial charge in [0.2, 0.25) is 0 Å². The molecule has 0 bridgehead atoms. The molecule has 0 aliphatic carbocycles. The number of nitrogens with zero attached hydrogens (tertiary/aromatic N) is 1. The van der Waals surface area contributed by atoms with E-state index in [-0.39, 0.29) is 0 Å². The van der Waals surface area contributed by atoms with E-state index in [2.05, 4.69) is 4.98 Å². The molecule has 5 heteroatoms. The average Bonchev–Trinajstić information content (AvgIpc) is 2.81. The molecule has 0 spiro atoms. The Hall–Kier alpha value is -1.04. The Morgan fingerprint density at radius 1 is 1.37 bits per heavy atom. The van der Waals surface area contributed by atoms with Crippen molar-refractivity contribution in [3.8, 4) is 5.75 Å². The summed E-state index contributed by atoms with van der Waals surface area (Å²) < 4.78 is 6.60. The van der Waals surface area contributed by atoms with Crippen molar-refractivity contribution in [2.45, 2.75) is 24.3 Å². The van der Waals surface area contributed by atoms with E-state index in [0.29, 0.717) is 12.4 Å². The normalized spacial score (nSPS) is 12.4. The van der Waals surface area contributed by atoms with E-state index in [1.54, 1.807) is 23.1 Å². The smallest absolute Gasteiger partial charge is 0.150 e. The number of thioether (sulfide) groups is 1. The van der Waals surface area contributed by atoms with Crippen molar-refractivity contribution in [1.82, 2.24) is 4.98 Å². The second kappa shape index (κ2) is 6.93. The Kier molecular flexibility index (Phi) is 5.24. The van der Waals surface area contributed by atoms with Crippen molar-refractivity contribution in [2.24, 2.45) is 0 Å². The van der Waals surface area contributed by atoms with Gasteiger partial charge in [-0.25, -0.2) is 4.98 Å². The van der Waals surface area contributed by atoms with Gasteiger partial charge in [0.05, 0.1) is 6.10 Å². The minimum Gasteiger partial charge on any atom is -0.491 e. The summed E-state index contributed by atoms with van der Waals surface area (Å²) in [4.78, 5) is 4.34. The third-order valence-corrected chi connectivity index (χ3v) is 4.81. The van der Waals surface area contributed by atoms with Crippen LogP contribution in [0.5, 0.6) is 5.75 Å². The first-order chi connectivity index (χ1) is 9.15. The number of aromatic nitrogens is 1. The molecule has 0 radical (unpaired) electrons. The summed E-state index contributed by atoms with van der Waals surface area (Å²) in [5.41, 5.74) is 2.11. The average molecular weight is 295 g/mol. The SMILES string of the molecule is Cc1csc(SCC(O)COc2ccccc2C)n1. The largest absolute Gasteiger partial charge is 0.491 e. The Bertz CT molecular complexity index is 528. The molecule has 19 heavy (non-hydrogen) atoms. The highest BCUT2D eigenvalue weighted by molar-refractivity contribution is 8.01. The molecule has 1 heterocycles. The molecule has 3 nitrogen and oxygen atoms in total. The summed E-state index contributed by atoms with van der Waals surface area (Å²) in [7, 11) is 0. The lowest BCUT2D eigenvalue weighted by Gasteiger charge is -2.12. The predicted molar refractivity (Wildman–Crippen MR) is 80.3 cm³/mol. The zero-order valence-electron chi connectivity index (χ0n) is 11.0. The highest BCUT2D eigenvalue weighted by Gasteiger charge is 2.09. The molecule has 0 saturated heterocycles. The van der Waals surface area contributed by atoms with Gasteiger partial charge in [-0.3, -0.25) is 0 Å². The minimum atomic E-state index is -0.492. The van der Waals surface area contributed by atoms with Gasteiger partial charge >= 0.3 is 0 Å². The lowest BCUT2D eigenvalue weighted by molar-refractivity contribution is 0.126. The van der Waals surface area contributed by atoms with Crippen molar-refractivity contribution >= 4 is 23.1 Å². The van der Waals surface area contributed by atoms with Crippen LogP contribution in [0, 0.1) is 13.8 Å². The molecule has 0 fully saturated rings. The Morgan fingerprint density at radius 3 is 2.84 bits per heavy atom. The van der Waals surface area contributed by atoms with Crippen LogP contribution in [0.4, 0.5) is 0 Å². The number of benzene rings is 1. The van der Waals surface area contributed by atoms with E-state index < -0.39 is 6.10 Å². The molecule has 2 rings (SSSR count). The number of hydrogen-bond donors (Lipinski definition) is 1. The number of thiazole rings is 1. The van der Waals surface area contributed by atoms with Crippen molar-refractivity contribution in [1.29, 1.82) is 0 Å². The van der Waals surface area contributed by atoms with Gasteiger partial charge in [-0.1, -0.05) is 30.0 Å². The van der Waals surface area contributed by atoms with Gasteiger partial charge in [0, 0.05) is 16.8 Å². The summed E-state index contributed by atoms with van der Waals surface area (Å²) in [6, 6.07) is 7.81. The summed E-state index contributed by atoms with van der Waals surface area (Å²) in [6.45, 7) is 4.27. The molecule has 0 amide bonds. The number of aryl methyl sites for hydroxylation is 2. The summed E-state index contributed by atoms with van der Waals surface area (Å²) in [6.07, 6.45) is -0.492. The number of para-hydroxylation sites is 1. The summed E-state index contributed by atoms with van der Waals surface area (Å²) in [5, 5.41) is 11.9. The molecule has 0 aliphatic rings. The van der Waals surface area contributed by atoms with Crippen molar-refractivity contribution in [3.05, 3.63) is 40.9 Å². The minimum absolute atomic E-state index is 0.308. The number of aliphatic hydroxyl groups excluding tert-OH is 1. The first-order valence-electron chi connectivity index (χ1n) is 6.06. The van der Waals surface area contributed by atoms with Crippen molar-refractivity contribution in [3.63, 3.8) is 0 Å². The second-order valence-electron chi connectivity index (χ2n) is 4.30. The molecule has 1 aromatic heterocycles. The van der Waals surface area contributed by atoms with E-state index in [4.69, 9.17) is 4.74 Å². The Labute approximate surface area is 121 Å². The van der Waals surface area contributed by atoms with Gasteiger partial charge in [-0.05, 0) is 25.5 Å². The zero-order chi connectivity index (χ0) is 13.7. The van der Waals surface area contributed by atoms with E-state index in [9.17, 15) is 5.11 Å². The van der Waals surface area contributed by atoms with E-state index in [0.717, 1.165) is 21.3 Å². The number of ether oxygens (including phenoxy) is 1. The predicted octanol–water partition coefficient (Wildman–Crippen LogP) is 3.29. The lowest BCUT2D eigenvalue weighted by Crippen LogP contribution is -2.20. The van der Waals surface area contributed by atoms with Crippen LogP contribution in [-0.2, 0) is 0 Å². The number of aliphatic hydroxyl groups is 1. The summed E-state index contributed by atoms with van der Waals surface area (Å²) in [5.74, 6) is 1.43. The lowest BCUT2D eigenvalue weighted by atomic mass is 10.2. The molecular weight excluding hydrogens is 278 g/mol. The van der Waals surface area contributed by atoms with E-state index in [1.807, 2.05) is 43.5 Å². The van der Waals surface area contributed by atoms with Crippen LogP contribution in [0.3, 0.4) is 0 Å². The maximum atomic E-state index is 9.90. The van der Waals surface area contributed by atoms with Crippen LogP contribution in [-0.4, -0.2) is 28.6 Å². The van der Waals surface area contributed by atoms with Gasteiger partial charge in [0.25, 0.3) is 0 Å². The highest BCUT2D eigenvalue weighted by Crippen LogP contribution is 2.23. The second-order valence-corrected chi connectivity index (χ2v) is 6.42. The third kappa shape index (κ3) is 4.53. The molecular formula is C14H17NO2S2. The zero-order valence-corrected chi connectivity index (χ0v) is 12.6. The first kappa shape index (κ1) is 14.4. The van der Waals surface area contributed by atoms with Gasteiger partial charge in [0.15, 0.2) is 0 Å². The number of hydrogen-bond acceptors (Lipinski definition) is 5. The fourth-order valence-electron chi connectivity index (χ4n) is 1.52. The monoisotopic (exact) mass is 295 g/mol. The molecule has 102 valence electrons. The molecule has 1 aromatic carbocycles. The maximum absolute atomic E-state index is 9.90. The molecule has 1 unspecified atom stereocenters. The van der Waals surface area contributed by atoms with Gasteiger partial charge in [0.1, 0.15) is 16.7 Å². The van der Waals surface area contributed by atoms with Gasteiger partial charge in [-0.15, -0.1) is 11.3 Å². The fourth-order valence-corrected chi connectivity index (χ4v) is 3.30. The van der Waals surface area contributed by atoms with Crippen molar-refractivity contribution in [2.75, 3.05) is 12.4 Å². The van der Waals surface area contributed by atoms with Gasteiger partial charge < -0.3 is 9.84 Å². The molecule has 1 N–H and O–H groups in total. The van der Waals surface area contributed by atoms with Crippen LogP contribution >= 0.6 is 23.1 Å².